The highest BCUT2D eigenvalue weighted by molar-refractivity contribution is 6.30. The predicted octanol–water partition coefficient (Wildman–Crippen LogP) is 5.51. The number of benzene rings is 3. The lowest BCUT2D eigenvalue weighted by Gasteiger charge is -2.36. The third-order valence-corrected chi connectivity index (χ3v) is 6.42. The molecule has 6 rings (SSSR count). The summed E-state index contributed by atoms with van der Waals surface area (Å²) in [6, 6.07) is 23.6. The quantitative estimate of drug-likeness (QED) is 0.290. The van der Waals surface area contributed by atoms with Gasteiger partial charge in [0, 0.05) is 18.1 Å². The number of fused-ring (bicyclic) bond motifs is 1. The number of aromatic nitrogens is 3. The first-order chi connectivity index (χ1) is 17.7. The van der Waals surface area contributed by atoms with Crippen LogP contribution in [0.5, 0.6) is 5.75 Å². The van der Waals surface area contributed by atoms with Crippen molar-refractivity contribution in [2.24, 2.45) is 0 Å². The first-order valence-electron chi connectivity index (χ1n) is 11.5. The Hall–Kier alpha value is -4.35. The van der Waals surface area contributed by atoms with Crippen molar-refractivity contribution in [1.82, 2.24) is 15.1 Å². The lowest BCUT2D eigenvalue weighted by molar-refractivity contribution is 0.281. The molecule has 8 nitrogen and oxygen atoms in total. The fourth-order valence-electron chi connectivity index (χ4n) is 4.30. The second-order valence-corrected chi connectivity index (χ2v) is 9.02. The van der Waals surface area contributed by atoms with Gasteiger partial charge in [-0.05, 0) is 40.6 Å². The van der Waals surface area contributed by atoms with E-state index in [0.717, 1.165) is 16.3 Å². The minimum absolute atomic E-state index is 0.0416. The molecule has 0 unspecified atom stereocenters. The van der Waals surface area contributed by atoms with Crippen molar-refractivity contribution in [3.63, 3.8) is 0 Å². The Morgan fingerprint density at radius 1 is 1.03 bits per heavy atom. The van der Waals surface area contributed by atoms with Gasteiger partial charge in [-0.25, -0.2) is 4.98 Å². The van der Waals surface area contributed by atoms with E-state index in [0.29, 0.717) is 53.8 Å². The van der Waals surface area contributed by atoms with E-state index in [-0.39, 0.29) is 18.2 Å². The number of anilines is 1. The highest BCUT2D eigenvalue weighted by Gasteiger charge is 2.36. The van der Waals surface area contributed by atoms with Crippen LogP contribution in [0.15, 0.2) is 75.7 Å². The summed E-state index contributed by atoms with van der Waals surface area (Å²) in [4.78, 5) is 10.9. The fraction of sp³-hybridized carbons (Fsp3) is 0.185. The predicted molar refractivity (Wildman–Crippen MR) is 133 cm³/mol. The van der Waals surface area contributed by atoms with Gasteiger partial charge < -0.3 is 18.6 Å². The van der Waals surface area contributed by atoms with Gasteiger partial charge in [-0.1, -0.05) is 59.2 Å². The van der Waals surface area contributed by atoms with Gasteiger partial charge in [0.15, 0.2) is 6.61 Å². The Morgan fingerprint density at radius 3 is 2.67 bits per heavy atom. The molecule has 1 fully saturated rings. The summed E-state index contributed by atoms with van der Waals surface area (Å²) >= 11 is 5.90. The van der Waals surface area contributed by atoms with E-state index in [2.05, 4.69) is 45.5 Å². The molecule has 36 heavy (non-hydrogen) atoms. The maximum absolute atomic E-state index is 9.63. The van der Waals surface area contributed by atoms with Crippen molar-refractivity contribution < 1.29 is 13.7 Å². The smallest absolute Gasteiger partial charge is 0.234 e. The van der Waals surface area contributed by atoms with Crippen molar-refractivity contribution in [1.29, 1.82) is 5.26 Å². The first-order valence-corrected chi connectivity index (χ1v) is 11.9. The molecule has 3 aromatic carbocycles. The molecule has 0 saturated carbocycles. The molecule has 178 valence electrons. The van der Waals surface area contributed by atoms with Gasteiger partial charge in [0.2, 0.25) is 29.2 Å². The molecule has 0 aliphatic carbocycles. The number of rotatable bonds is 7. The molecule has 2 aromatic heterocycles. The molecule has 0 radical (unpaired) electrons. The van der Waals surface area contributed by atoms with Crippen LogP contribution in [0, 0.1) is 11.3 Å². The van der Waals surface area contributed by atoms with Crippen LogP contribution in [-0.2, 0) is 13.0 Å². The molecule has 3 heterocycles. The van der Waals surface area contributed by atoms with Crippen LogP contribution in [0.3, 0.4) is 0 Å². The third kappa shape index (κ3) is 4.37. The van der Waals surface area contributed by atoms with Gasteiger partial charge in [0.1, 0.15) is 11.8 Å². The number of halogens is 1. The maximum Gasteiger partial charge on any atom is 0.234 e. The standard InChI is InChI=1S/C27H20ClN5O3/c28-20-8-10-21(11-9-20)34-16-24-31-26(36-32-24)19-14-33(15-19)27-23(13-29)30-25(35-27)12-18-6-3-5-17-4-1-2-7-22(17)18/h1-11,19H,12,14-16H2. The van der Waals surface area contributed by atoms with Gasteiger partial charge >= 0.3 is 0 Å². The molecular weight excluding hydrogens is 478 g/mol. The Kier molecular flexibility index (Phi) is 5.76. The van der Waals surface area contributed by atoms with Crippen LogP contribution in [-0.4, -0.2) is 28.2 Å². The average Bonchev–Trinajstić information content (AvgIpc) is 3.50. The van der Waals surface area contributed by atoms with Gasteiger partial charge in [0.05, 0.1) is 12.3 Å². The van der Waals surface area contributed by atoms with Crippen LogP contribution in [0.1, 0.15) is 34.8 Å². The summed E-state index contributed by atoms with van der Waals surface area (Å²) in [5, 5.41) is 16.6. The minimum atomic E-state index is 0.0416. The Labute approximate surface area is 211 Å². The van der Waals surface area contributed by atoms with Crippen molar-refractivity contribution in [2.45, 2.75) is 18.9 Å². The van der Waals surface area contributed by atoms with Crippen molar-refractivity contribution in [3.05, 3.63) is 101 Å². The molecular formula is C27H20ClN5O3. The number of oxazole rings is 1. The van der Waals surface area contributed by atoms with E-state index in [9.17, 15) is 5.26 Å². The Morgan fingerprint density at radius 2 is 1.83 bits per heavy atom. The zero-order valence-corrected chi connectivity index (χ0v) is 19.9. The van der Waals surface area contributed by atoms with E-state index >= 15 is 0 Å². The first kappa shape index (κ1) is 22.1. The topological polar surface area (TPSA) is 101 Å². The number of hydrogen-bond donors (Lipinski definition) is 0. The van der Waals surface area contributed by atoms with E-state index < -0.39 is 0 Å². The second kappa shape index (κ2) is 9.36. The lowest BCUT2D eigenvalue weighted by atomic mass is 10.0. The highest BCUT2D eigenvalue weighted by atomic mass is 35.5. The molecule has 9 heteroatoms. The highest BCUT2D eigenvalue weighted by Crippen LogP contribution is 2.34. The monoisotopic (exact) mass is 497 g/mol. The molecule has 0 spiro atoms. The van der Waals surface area contributed by atoms with Crippen molar-refractivity contribution in [2.75, 3.05) is 18.0 Å². The van der Waals surface area contributed by atoms with Gasteiger partial charge in [0.25, 0.3) is 0 Å². The summed E-state index contributed by atoms with van der Waals surface area (Å²) < 4.78 is 17.2. The SMILES string of the molecule is N#Cc1nc(Cc2cccc3ccccc23)oc1N1CC(c2nc(COc3ccc(Cl)cc3)no2)C1. The lowest BCUT2D eigenvalue weighted by Crippen LogP contribution is -2.45. The van der Waals surface area contributed by atoms with Crippen LogP contribution < -0.4 is 9.64 Å². The van der Waals surface area contributed by atoms with E-state index in [4.69, 9.17) is 25.3 Å². The van der Waals surface area contributed by atoms with Gasteiger partial charge in [-0.15, -0.1) is 0 Å². The van der Waals surface area contributed by atoms with Crippen LogP contribution in [0.2, 0.25) is 5.02 Å². The largest absolute Gasteiger partial charge is 0.485 e. The van der Waals surface area contributed by atoms with Crippen LogP contribution in [0.4, 0.5) is 5.88 Å². The molecule has 0 atom stereocenters. The molecule has 0 N–H and O–H groups in total. The van der Waals surface area contributed by atoms with Crippen LogP contribution >= 0.6 is 11.6 Å². The molecule has 1 aliphatic rings. The van der Waals surface area contributed by atoms with E-state index in [1.807, 2.05) is 23.1 Å². The average molecular weight is 498 g/mol. The molecule has 1 saturated heterocycles. The normalized spacial score (nSPS) is 13.5. The minimum Gasteiger partial charge on any atom is -0.485 e. The van der Waals surface area contributed by atoms with Gasteiger partial charge in [-0.2, -0.15) is 10.2 Å². The van der Waals surface area contributed by atoms with Crippen molar-refractivity contribution >= 4 is 28.3 Å². The summed E-state index contributed by atoms with van der Waals surface area (Å²) in [5.41, 5.74) is 1.39. The fourth-order valence-corrected chi connectivity index (χ4v) is 4.42. The Balaban J connectivity index is 1.11. The van der Waals surface area contributed by atoms with E-state index in [1.165, 1.54) is 0 Å². The summed E-state index contributed by atoms with van der Waals surface area (Å²) in [6.07, 6.45) is 0.508. The van der Waals surface area contributed by atoms with Crippen molar-refractivity contribution in [3.8, 4) is 11.8 Å². The van der Waals surface area contributed by atoms with E-state index in [1.54, 1.807) is 24.3 Å². The number of ether oxygens (including phenoxy) is 1. The number of hydrogen-bond acceptors (Lipinski definition) is 8. The van der Waals surface area contributed by atoms with Gasteiger partial charge in [-0.3, -0.25) is 0 Å². The van der Waals surface area contributed by atoms with Crippen LogP contribution in [0.25, 0.3) is 10.8 Å². The zero-order chi connectivity index (χ0) is 24.5. The molecule has 5 aromatic rings. The molecule has 0 bridgehead atoms. The molecule has 1 aliphatic heterocycles. The summed E-state index contributed by atoms with van der Waals surface area (Å²) in [7, 11) is 0. The Bertz CT molecular complexity index is 1560. The number of nitrogens with zero attached hydrogens (tertiary/aromatic N) is 5. The number of nitriles is 1. The molecule has 0 amide bonds. The summed E-state index contributed by atoms with van der Waals surface area (Å²) in [6.45, 7) is 1.38. The third-order valence-electron chi connectivity index (χ3n) is 6.16. The zero-order valence-electron chi connectivity index (χ0n) is 19.1. The second-order valence-electron chi connectivity index (χ2n) is 8.58. The maximum atomic E-state index is 9.63. The summed E-state index contributed by atoms with van der Waals surface area (Å²) in [5.74, 6) is 2.72.